The van der Waals surface area contributed by atoms with Gasteiger partial charge in [0.1, 0.15) is 16.7 Å². The highest BCUT2D eigenvalue weighted by Gasteiger charge is 2.55. The van der Waals surface area contributed by atoms with E-state index in [0.717, 1.165) is 29.9 Å². The van der Waals surface area contributed by atoms with Gasteiger partial charge in [-0.25, -0.2) is 9.37 Å². The Morgan fingerprint density at radius 1 is 1.21 bits per heavy atom. The van der Waals surface area contributed by atoms with Gasteiger partial charge in [-0.3, -0.25) is 0 Å². The first-order valence-corrected chi connectivity index (χ1v) is 11.2. The van der Waals surface area contributed by atoms with E-state index in [4.69, 9.17) is 4.74 Å². The summed E-state index contributed by atoms with van der Waals surface area (Å²) >= 11 is -1.20. The molecule has 7 heteroatoms. The molecule has 1 aromatic carbocycles. The molecule has 2 fully saturated rings. The van der Waals surface area contributed by atoms with E-state index in [2.05, 4.69) is 15.0 Å². The maximum absolute atomic E-state index is 13.4. The number of piperidine rings is 1. The quantitative estimate of drug-likeness (QED) is 0.703. The second-order valence-electron chi connectivity index (χ2n) is 8.92. The summed E-state index contributed by atoms with van der Waals surface area (Å²) in [5, 5.41) is 3.37. The van der Waals surface area contributed by atoms with Gasteiger partial charge in [-0.1, -0.05) is 0 Å². The van der Waals surface area contributed by atoms with Crippen molar-refractivity contribution in [3.05, 3.63) is 47.8 Å². The van der Waals surface area contributed by atoms with Crippen molar-refractivity contribution >= 4 is 11.4 Å². The highest BCUT2D eigenvalue weighted by Crippen LogP contribution is 2.44. The predicted molar refractivity (Wildman–Crippen MR) is 113 cm³/mol. The summed E-state index contributed by atoms with van der Waals surface area (Å²) in [4.78, 5) is 4.68. The zero-order chi connectivity index (χ0) is 20.8. The van der Waals surface area contributed by atoms with Crippen LogP contribution in [-0.2, 0) is 11.4 Å². The summed E-state index contributed by atoms with van der Waals surface area (Å²) in [5.41, 5.74) is 2.48. The second-order valence-corrected chi connectivity index (χ2v) is 10.9. The SMILES string of the molecule is CC(N[S+]([O-])C(C)(C)C)c1cc(O[C@H]2[C@@H]3CNC[C@@H]32)nc(-c2ccc(F)cc2)c1. The molecule has 1 saturated carbocycles. The van der Waals surface area contributed by atoms with Crippen molar-refractivity contribution in [1.82, 2.24) is 15.0 Å². The topological polar surface area (TPSA) is 69.2 Å². The van der Waals surface area contributed by atoms with Crippen LogP contribution in [0.5, 0.6) is 5.88 Å². The maximum Gasteiger partial charge on any atom is 0.214 e. The molecule has 1 aromatic heterocycles. The molecular weight excluding hydrogens is 389 g/mol. The van der Waals surface area contributed by atoms with Crippen molar-refractivity contribution in [3.8, 4) is 17.1 Å². The number of fused-ring (bicyclic) bond motifs is 1. The predicted octanol–water partition coefficient (Wildman–Crippen LogP) is 3.60. The standard InChI is InChI=1S/C22H28FN3O2S/c1-13(26-29(27)22(2,3)4)15-9-19(14-5-7-16(23)8-6-14)25-20(10-15)28-21-17-11-24-12-18(17)21/h5-10,13,17-18,21,24,26H,11-12H2,1-4H3/t13?,17-,18+,21+,29?. The zero-order valence-electron chi connectivity index (χ0n) is 17.2. The summed E-state index contributed by atoms with van der Waals surface area (Å²) in [7, 11) is 0. The van der Waals surface area contributed by atoms with E-state index in [1.54, 1.807) is 12.1 Å². The fourth-order valence-corrected chi connectivity index (χ4v) is 4.50. The number of rotatable bonds is 6. The van der Waals surface area contributed by atoms with E-state index >= 15 is 0 Å². The molecule has 2 unspecified atom stereocenters. The number of hydrogen-bond acceptors (Lipinski definition) is 5. The third kappa shape index (κ3) is 4.58. The van der Waals surface area contributed by atoms with Crippen LogP contribution in [0.4, 0.5) is 4.39 Å². The van der Waals surface area contributed by atoms with Gasteiger partial charge in [0.2, 0.25) is 5.88 Å². The Bertz CT molecular complexity index is 861. The first-order valence-electron chi connectivity index (χ1n) is 10.1. The molecule has 1 aliphatic heterocycles. The van der Waals surface area contributed by atoms with Crippen LogP contribution in [0.25, 0.3) is 11.3 Å². The van der Waals surface area contributed by atoms with Gasteiger partial charge in [0, 0.05) is 47.9 Å². The number of aromatic nitrogens is 1. The van der Waals surface area contributed by atoms with Crippen molar-refractivity contribution in [2.75, 3.05) is 13.1 Å². The Kier molecular flexibility index (Phi) is 5.59. The van der Waals surface area contributed by atoms with E-state index in [0.29, 0.717) is 17.7 Å². The lowest BCUT2D eigenvalue weighted by Gasteiger charge is -2.26. The Labute approximate surface area is 174 Å². The minimum absolute atomic E-state index is 0.153. The molecule has 0 bridgehead atoms. The number of ether oxygens (including phenoxy) is 1. The van der Waals surface area contributed by atoms with E-state index < -0.39 is 11.4 Å². The Balaban J connectivity index is 1.61. The molecule has 0 radical (unpaired) electrons. The molecular formula is C22H28FN3O2S. The molecule has 0 amide bonds. The average Bonchev–Trinajstić information content (AvgIpc) is 3.09. The molecule has 4 rings (SSSR count). The van der Waals surface area contributed by atoms with E-state index in [-0.39, 0.29) is 22.7 Å². The fourth-order valence-electron chi connectivity index (χ4n) is 3.69. The highest BCUT2D eigenvalue weighted by atomic mass is 32.2. The van der Waals surface area contributed by atoms with Crippen molar-refractivity contribution in [3.63, 3.8) is 0 Å². The van der Waals surface area contributed by atoms with Gasteiger partial charge in [-0.05, 0) is 63.6 Å². The first kappa shape index (κ1) is 20.6. The molecule has 1 aliphatic carbocycles. The van der Waals surface area contributed by atoms with Crippen molar-refractivity contribution < 1.29 is 13.7 Å². The Morgan fingerprint density at radius 3 is 2.48 bits per heavy atom. The minimum atomic E-state index is -1.20. The number of nitrogens with one attached hydrogen (secondary N) is 2. The average molecular weight is 418 g/mol. The summed E-state index contributed by atoms with van der Waals surface area (Å²) in [6.07, 6.45) is 0.201. The molecule has 2 N–H and O–H groups in total. The highest BCUT2D eigenvalue weighted by molar-refractivity contribution is 7.90. The molecule has 0 spiro atoms. The van der Waals surface area contributed by atoms with Crippen LogP contribution in [0.3, 0.4) is 0 Å². The van der Waals surface area contributed by atoms with Crippen LogP contribution in [-0.4, -0.2) is 33.5 Å². The number of halogens is 1. The van der Waals surface area contributed by atoms with Gasteiger partial charge in [0.15, 0.2) is 0 Å². The zero-order valence-corrected chi connectivity index (χ0v) is 18.1. The van der Waals surface area contributed by atoms with Crippen LogP contribution in [0.1, 0.15) is 39.3 Å². The third-order valence-electron chi connectivity index (χ3n) is 5.57. The van der Waals surface area contributed by atoms with Crippen LogP contribution in [0.15, 0.2) is 36.4 Å². The first-order chi connectivity index (χ1) is 13.7. The number of benzene rings is 1. The van der Waals surface area contributed by atoms with Crippen LogP contribution >= 0.6 is 0 Å². The monoisotopic (exact) mass is 417 g/mol. The third-order valence-corrected chi connectivity index (χ3v) is 7.25. The summed E-state index contributed by atoms with van der Waals surface area (Å²) in [5.74, 6) is 1.39. The molecule has 5 nitrogen and oxygen atoms in total. The largest absolute Gasteiger partial charge is 0.598 e. The van der Waals surface area contributed by atoms with Gasteiger partial charge in [-0.15, -0.1) is 4.72 Å². The summed E-state index contributed by atoms with van der Waals surface area (Å²) < 4.78 is 34.9. The number of pyridine rings is 1. The van der Waals surface area contributed by atoms with Gasteiger partial charge >= 0.3 is 0 Å². The normalized spacial score (nSPS) is 25.4. The van der Waals surface area contributed by atoms with Crippen molar-refractivity contribution in [1.29, 1.82) is 0 Å². The summed E-state index contributed by atoms with van der Waals surface area (Å²) in [6, 6.07) is 10.0. The molecule has 29 heavy (non-hydrogen) atoms. The Morgan fingerprint density at radius 2 is 1.86 bits per heavy atom. The molecule has 2 aliphatic rings. The molecule has 1 saturated heterocycles. The number of hydrogen-bond donors (Lipinski definition) is 2. The van der Waals surface area contributed by atoms with Crippen LogP contribution in [0, 0.1) is 17.7 Å². The Hall–Kier alpha value is -1.67. The second kappa shape index (κ2) is 7.87. The summed E-state index contributed by atoms with van der Waals surface area (Å²) in [6.45, 7) is 9.77. The molecule has 2 heterocycles. The van der Waals surface area contributed by atoms with Crippen LogP contribution in [0.2, 0.25) is 0 Å². The van der Waals surface area contributed by atoms with E-state index in [1.165, 1.54) is 12.1 Å². The number of nitrogens with zero attached hydrogens (tertiary/aromatic N) is 1. The molecule has 2 aromatic rings. The van der Waals surface area contributed by atoms with E-state index in [9.17, 15) is 8.94 Å². The lowest BCUT2D eigenvalue weighted by atomic mass is 10.1. The maximum atomic E-state index is 13.4. The molecule has 5 atom stereocenters. The lowest BCUT2D eigenvalue weighted by Crippen LogP contribution is -2.40. The lowest BCUT2D eigenvalue weighted by molar-refractivity contribution is 0.251. The van der Waals surface area contributed by atoms with Gasteiger partial charge < -0.3 is 14.6 Å². The minimum Gasteiger partial charge on any atom is -0.598 e. The fraction of sp³-hybridized carbons (Fsp3) is 0.500. The van der Waals surface area contributed by atoms with Crippen LogP contribution < -0.4 is 14.8 Å². The van der Waals surface area contributed by atoms with Crippen molar-refractivity contribution in [2.45, 2.75) is 44.6 Å². The van der Waals surface area contributed by atoms with Gasteiger partial charge in [-0.2, -0.15) is 0 Å². The van der Waals surface area contributed by atoms with E-state index in [1.807, 2.05) is 39.8 Å². The van der Waals surface area contributed by atoms with Gasteiger partial charge in [0.05, 0.1) is 11.7 Å². The van der Waals surface area contributed by atoms with Gasteiger partial charge in [0.25, 0.3) is 0 Å². The molecule has 156 valence electrons. The van der Waals surface area contributed by atoms with Crippen molar-refractivity contribution in [2.24, 2.45) is 11.8 Å². The smallest absolute Gasteiger partial charge is 0.214 e.